The number of hydrogen-bond acceptors (Lipinski definition) is 4. The van der Waals surface area contributed by atoms with Gasteiger partial charge in [0, 0.05) is 30.8 Å². The van der Waals surface area contributed by atoms with Gasteiger partial charge in [0.1, 0.15) is 11.7 Å². The van der Waals surface area contributed by atoms with Crippen molar-refractivity contribution >= 4 is 23.4 Å². The van der Waals surface area contributed by atoms with E-state index in [1.807, 2.05) is 24.8 Å². The molecular formula is C11H16N4S. The largest absolute Gasteiger partial charge is 0.384 e. The second-order valence-corrected chi connectivity index (χ2v) is 5.06. The Bertz CT molecular complexity index is 399. The normalized spacial score (nSPS) is 16.2. The summed E-state index contributed by atoms with van der Waals surface area (Å²) in [6, 6.07) is 1.90. The van der Waals surface area contributed by atoms with Gasteiger partial charge in [-0.3, -0.25) is 5.41 Å². The highest BCUT2D eigenvalue weighted by molar-refractivity contribution is 7.99. The number of aryl methyl sites for hydroxylation is 1. The molecule has 0 radical (unpaired) electrons. The monoisotopic (exact) mass is 236 g/mol. The van der Waals surface area contributed by atoms with E-state index in [1.165, 1.54) is 0 Å². The Balaban J connectivity index is 2.38. The van der Waals surface area contributed by atoms with Crippen molar-refractivity contribution in [1.29, 1.82) is 5.41 Å². The van der Waals surface area contributed by atoms with Crippen molar-refractivity contribution in [3.05, 3.63) is 23.4 Å². The van der Waals surface area contributed by atoms with Gasteiger partial charge in [0.05, 0.1) is 5.56 Å². The third-order valence-electron chi connectivity index (χ3n) is 2.72. The lowest BCUT2D eigenvalue weighted by Gasteiger charge is -2.29. The number of nitrogen functional groups attached to an aromatic ring is 1. The van der Waals surface area contributed by atoms with Crippen molar-refractivity contribution < 1.29 is 0 Å². The second kappa shape index (κ2) is 4.74. The number of pyridine rings is 1. The fourth-order valence-corrected chi connectivity index (χ4v) is 2.79. The average Bonchev–Trinajstić information content (AvgIpc) is 2.29. The maximum Gasteiger partial charge on any atom is 0.139 e. The van der Waals surface area contributed by atoms with Gasteiger partial charge in [-0.15, -0.1) is 0 Å². The molecule has 4 nitrogen and oxygen atoms in total. The number of amidine groups is 1. The first-order chi connectivity index (χ1) is 7.70. The number of rotatable bonds is 2. The fourth-order valence-electron chi connectivity index (χ4n) is 1.89. The molecule has 2 rings (SSSR count). The Morgan fingerprint density at radius 3 is 2.81 bits per heavy atom. The first kappa shape index (κ1) is 11.3. The molecule has 1 aromatic rings. The Morgan fingerprint density at radius 1 is 1.50 bits per heavy atom. The summed E-state index contributed by atoms with van der Waals surface area (Å²) < 4.78 is 0. The second-order valence-electron chi connectivity index (χ2n) is 3.84. The van der Waals surface area contributed by atoms with E-state index in [9.17, 15) is 0 Å². The van der Waals surface area contributed by atoms with Crippen LogP contribution in [0, 0.1) is 12.3 Å². The zero-order valence-electron chi connectivity index (χ0n) is 9.36. The molecule has 0 amide bonds. The molecule has 3 N–H and O–H groups in total. The Kier molecular flexibility index (Phi) is 3.33. The van der Waals surface area contributed by atoms with Crippen LogP contribution < -0.4 is 10.6 Å². The van der Waals surface area contributed by atoms with Gasteiger partial charge in [0.15, 0.2) is 0 Å². The first-order valence-corrected chi connectivity index (χ1v) is 6.48. The Labute approximate surface area is 99.7 Å². The molecular weight excluding hydrogens is 220 g/mol. The Morgan fingerprint density at radius 2 is 2.19 bits per heavy atom. The standard InChI is InChI=1S/C11H16N4S/c1-8-2-3-14-11(9(8)10(12)13)15-4-6-16-7-5-15/h2-3H,4-7H2,1H3,(H3,12,13). The molecule has 0 saturated carbocycles. The first-order valence-electron chi connectivity index (χ1n) is 5.33. The molecule has 0 aliphatic carbocycles. The lowest BCUT2D eigenvalue weighted by atomic mass is 10.1. The molecule has 0 atom stereocenters. The lowest BCUT2D eigenvalue weighted by Crippen LogP contribution is -2.35. The summed E-state index contributed by atoms with van der Waals surface area (Å²) in [4.78, 5) is 6.60. The number of nitrogens with two attached hydrogens (primary N) is 1. The molecule has 86 valence electrons. The van der Waals surface area contributed by atoms with Crippen LogP contribution in [0.5, 0.6) is 0 Å². The maximum absolute atomic E-state index is 7.64. The van der Waals surface area contributed by atoms with E-state index in [0.717, 1.165) is 41.5 Å². The van der Waals surface area contributed by atoms with Gasteiger partial charge < -0.3 is 10.6 Å². The lowest BCUT2D eigenvalue weighted by molar-refractivity contribution is 0.836. The van der Waals surface area contributed by atoms with Crippen LogP contribution in [0.25, 0.3) is 0 Å². The molecule has 0 bridgehead atoms. The minimum Gasteiger partial charge on any atom is -0.384 e. The molecule has 2 heterocycles. The van der Waals surface area contributed by atoms with Crippen molar-refractivity contribution in [3.8, 4) is 0 Å². The minimum absolute atomic E-state index is 0.110. The molecule has 1 aromatic heterocycles. The predicted molar refractivity (Wildman–Crippen MR) is 69.5 cm³/mol. The Hall–Kier alpha value is -1.23. The van der Waals surface area contributed by atoms with Crippen LogP contribution in [-0.4, -0.2) is 35.4 Å². The summed E-state index contributed by atoms with van der Waals surface area (Å²) in [6.45, 7) is 3.95. The van der Waals surface area contributed by atoms with E-state index in [2.05, 4.69) is 9.88 Å². The van der Waals surface area contributed by atoms with Crippen molar-refractivity contribution in [2.24, 2.45) is 5.73 Å². The van der Waals surface area contributed by atoms with E-state index < -0.39 is 0 Å². The molecule has 16 heavy (non-hydrogen) atoms. The van der Waals surface area contributed by atoms with E-state index in [4.69, 9.17) is 11.1 Å². The topological polar surface area (TPSA) is 66.0 Å². The van der Waals surface area contributed by atoms with Gasteiger partial charge in [-0.2, -0.15) is 11.8 Å². The van der Waals surface area contributed by atoms with Crippen LogP contribution in [0.15, 0.2) is 12.3 Å². The summed E-state index contributed by atoms with van der Waals surface area (Å²) in [5, 5.41) is 7.64. The van der Waals surface area contributed by atoms with Crippen molar-refractivity contribution in [2.45, 2.75) is 6.92 Å². The van der Waals surface area contributed by atoms with Gasteiger partial charge in [0.2, 0.25) is 0 Å². The van der Waals surface area contributed by atoms with Crippen LogP contribution in [0.3, 0.4) is 0 Å². The highest BCUT2D eigenvalue weighted by Crippen LogP contribution is 2.23. The van der Waals surface area contributed by atoms with Crippen LogP contribution in [0.1, 0.15) is 11.1 Å². The van der Waals surface area contributed by atoms with E-state index >= 15 is 0 Å². The summed E-state index contributed by atoms with van der Waals surface area (Å²) >= 11 is 1.96. The molecule has 0 spiro atoms. The van der Waals surface area contributed by atoms with Crippen LogP contribution in [-0.2, 0) is 0 Å². The van der Waals surface area contributed by atoms with E-state index in [-0.39, 0.29) is 5.84 Å². The quantitative estimate of drug-likeness (QED) is 0.598. The van der Waals surface area contributed by atoms with Gasteiger partial charge in [0.25, 0.3) is 0 Å². The summed E-state index contributed by atoms with van der Waals surface area (Å²) in [5.74, 6) is 3.21. The third-order valence-corrected chi connectivity index (χ3v) is 3.66. The molecule has 1 fully saturated rings. The maximum atomic E-state index is 7.64. The minimum atomic E-state index is 0.110. The molecule has 1 aliphatic heterocycles. The van der Waals surface area contributed by atoms with Crippen molar-refractivity contribution in [3.63, 3.8) is 0 Å². The van der Waals surface area contributed by atoms with Crippen molar-refractivity contribution in [1.82, 2.24) is 4.98 Å². The molecule has 0 aromatic carbocycles. The smallest absolute Gasteiger partial charge is 0.139 e. The predicted octanol–water partition coefficient (Wildman–Crippen LogP) is 1.23. The molecule has 1 saturated heterocycles. The summed E-state index contributed by atoms with van der Waals surface area (Å²) in [7, 11) is 0. The van der Waals surface area contributed by atoms with Gasteiger partial charge >= 0.3 is 0 Å². The molecule has 1 aliphatic rings. The molecule has 0 unspecified atom stereocenters. The van der Waals surface area contributed by atoms with Crippen molar-refractivity contribution in [2.75, 3.05) is 29.5 Å². The average molecular weight is 236 g/mol. The highest BCUT2D eigenvalue weighted by atomic mass is 32.2. The number of anilines is 1. The number of hydrogen-bond donors (Lipinski definition) is 2. The van der Waals surface area contributed by atoms with Crippen LogP contribution in [0.2, 0.25) is 0 Å². The summed E-state index contributed by atoms with van der Waals surface area (Å²) in [5.41, 5.74) is 7.44. The fraction of sp³-hybridized carbons (Fsp3) is 0.455. The van der Waals surface area contributed by atoms with Crippen LogP contribution >= 0.6 is 11.8 Å². The highest BCUT2D eigenvalue weighted by Gasteiger charge is 2.18. The van der Waals surface area contributed by atoms with Gasteiger partial charge in [-0.05, 0) is 18.6 Å². The third kappa shape index (κ3) is 2.14. The van der Waals surface area contributed by atoms with Gasteiger partial charge in [-0.1, -0.05) is 0 Å². The van der Waals surface area contributed by atoms with Crippen LogP contribution in [0.4, 0.5) is 5.82 Å². The van der Waals surface area contributed by atoms with E-state index in [1.54, 1.807) is 6.20 Å². The number of aromatic nitrogens is 1. The number of thioether (sulfide) groups is 1. The SMILES string of the molecule is Cc1ccnc(N2CCSCC2)c1C(=N)N. The van der Waals surface area contributed by atoms with E-state index in [0.29, 0.717) is 0 Å². The summed E-state index contributed by atoms with van der Waals surface area (Å²) in [6.07, 6.45) is 1.79. The number of nitrogens with one attached hydrogen (secondary N) is 1. The number of nitrogens with zero attached hydrogens (tertiary/aromatic N) is 2. The zero-order valence-corrected chi connectivity index (χ0v) is 10.2. The van der Waals surface area contributed by atoms with Gasteiger partial charge in [-0.25, -0.2) is 4.98 Å². The zero-order chi connectivity index (χ0) is 11.5. The molecule has 5 heteroatoms.